The van der Waals surface area contributed by atoms with Crippen molar-refractivity contribution in [1.29, 1.82) is 0 Å². The fourth-order valence-electron chi connectivity index (χ4n) is 1.82. The van der Waals surface area contributed by atoms with Crippen LogP contribution in [-0.2, 0) is 5.88 Å². The van der Waals surface area contributed by atoms with Crippen molar-refractivity contribution in [2.75, 3.05) is 13.1 Å². The zero-order chi connectivity index (χ0) is 12.7. The molecule has 1 amide bonds. The van der Waals surface area contributed by atoms with Crippen molar-refractivity contribution in [2.45, 2.75) is 32.6 Å². The van der Waals surface area contributed by atoms with Crippen molar-refractivity contribution >= 4 is 17.5 Å². The number of rotatable bonds is 6. The minimum absolute atomic E-state index is 0.112. The Hall–Kier alpha value is -1.02. The summed E-state index contributed by atoms with van der Waals surface area (Å²) in [5.41, 5.74) is 1.73. The second kappa shape index (κ2) is 7.33. The number of carbonyl (C=O) groups excluding carboxylic acids is 1. The average molecular weight is 254 g/mol. The highest BCUT2D eigenvalue weighted by Crippen LogP contribution is 2.11. The van der Waals surface area contributed by atoms with Gasteiger partial charge in [-0.1, -0.05) is 26.0 Å². The second-order valence-electron chi connectivity index (χ2n) is 4.13. The van der Waals surface area contributed by atoms with Gasteiger partial charge in [0.25, 0.3) is 5.91 Å². The van der Waals surface area contributed by atoms with Crippen molar-refractivity contribution in [3.05, 3.63) is 35.4 Å². The summed E-state index contributed by atoms with van der Waals surface area (Å²) in [6.07, 6.45) is 1.97. The molecule has 3 heteroatoms. The van der Waals surface area contributed by atoms with E-state index < -0.39 is 0 Å². The molecule has 0 atom stereocenters. The number of alkyl halides is 1. The van der Waals surface area contributed by atoms with Gasteiger partial charge in [-0.2, -0.15) is 0 Å². The Labute approximate surface area is 109 Å². The molecule has 2 nitrogen and oxygen atoms in total. The normalized spacial score (nSPS) is 10.3. The quantitative estimate of drug-likeness (QED) is 0.708. The monoisotopic (exact) mass is 253 g/mol. The average Bonchev–Trinajstić information content (AvgIpc) is 2.38. The highest BCUT2D eigenvalue weighted by molar-refractivity contribution is 6.17. The van der Waals surface area contributed by atoms with Gasteiger partial charge in [0.15, 0.2) is 0 Å². The molecular weight excluding hydrogens is 234 g/mol. The third kappa shape index (κ3) is 4.04. The third-order valence-electron chi connectivity index (χ3n) is 2.60. The molecule has 0 N–H and O–H groups in total. The Morgan fingerprint density at radius 2 is 1.88 bits per heavy atom. The fourth-order valence-corrected chi connectivity index (χ4v) is 1.99. The number of halogens is 1. The lowest BCUT2D eigenvalue weighted by atomic mass is 10.1. The van der Waals surface area contributed by atoms with E-state index in [-0.39, 0.29) is 5.91 Å². The van der Waals surface area contributed by atoms with Gasteiger partial charge in [0.2, 0.25) is 0 Å². The highest BCUT2D eigenvalue weighted by atomic mass is 35.5. The molecule has 1 aromatic carbocycles. The van der Waals surface area contributed by atoms with E-state index >= 15 is 0 Å². The molecule has 17 heavy (non-hydrogen) atoms. The van der Waals surface area contributed by atoms with E-state index in [9.17, 15) is 4.79 Å². The first-order valence-electron chi connectivity index (χ1n) is 6.17. The smallest absolute Gasteiger partial charge is 0.253 e. The van der Waals surface area contributed by atoms with Gasteiger partial charge in [-0.15, -0.1) is 11.6 Å². The Bertz CT molecular complexity index is 359. The van der Waals surface area contributed by atoms with Crippen LogP contribution in [0.1, 0.15) is 42.6 Å². The van der Waals surface area contributed by atoms with Crippen LogP contribution in [0.25, 0.3) is 0 Å². The van der Waals surface area contributed by atoms with Gasteiger partial charge >= 0.3 is 0 Å². The van der Waals surface area contributed by atoms with Crippen LogP contribution in [0, 0.1) is 0 Å². The standard InChI is InChI=1S/C14H20ClNO/c1-3-8-16(9-4-2)14(17)13-7-5-6-12(10-13)11-15/h5-7,10H,3-4,8-9,11H2,1-2H3. The van der Waals surface area contributed by atoms with Crippen molar-refractivity contribution in [2.24, 2.45) is 0 Å². The molecule has 0 fully saturated rings. The van der Waals surface area contributed by atoms with Crippen LogP contribution in [0.2, 0.25) is 0 Å². The van der Waals surface area contributed by atoms with E-state index in [1.165, 1.54) is 0 Å². The molecule has 0 spiro atoms. The molecule has 0 saturated heterocycles. The Kier molecular flexibility index (Phi) is 6.06. The summed E-state index contributed by atoms with van der Waals surface area (Å²) in [7, 11) is 0. The van der Waals surface area contributed by atoms with Crippen LogP contribution in [0.15, 0.2) is 24.3 Å². The Morgan fingerprint density at radius 1 is 1.24 bits per heavy atom. The zero-order valence-corrected chi connectivity index (χ0v) is 11.3. The Balaban J connectivity index is 2.84. The van der Waals surface area contributed by atoms with Gasteiger partial charge in [0, 0.05) is 24.5 Å². The molecule has 0 heterocycles. The van der Waals surface area contributed by atoms with E-state index in [2.05, 4.69) is 13.8 Å². The predicted octanol–water partition coefficient (Wildman–Crippen LogP) is 3.69. The van der Waals surface area contributed by atoms with E-state index in [4.69, 9.17) is 11.6 Å². The number of nitrogens with zero attached hydrogens (tertiary/aromatic N) is 1. The minimum atomic E-state index is 0.112. The van der Waals surface area contributed by atoms with Gasteiger partial charge in [0.1, 0.15) is 0 Å². The van der Waals surface area contributed by atoms with Crippen molar-refractivity contribution < 1.29 is 4.79 Å². The summed E-state index contributed by atoms with van der Waals surface area (Å²) in [5.74, 6) is 0.559. The predicted molar refractivity (Wildman–Crippen MR) is 72.5 cm³/mol. The van der Waals surface area contributed by atoms with E-state index in [1.807, 2.05) is 29.2 Å². The fraction of sp³-hybridized carbons (Fsp3) is 0.500. The molecular formula is C14H20ClNO. The van der Waals surface area contributed by atoms with Crippen molar-refractivity contribution in [3.8, 4) is 0 Å². The summed E-state index contributed by atoms with van der Waals surface area (Å²) in [6.45, 7) is 5.81. The SMILES string of the molecule is CCCN(CCC)C(=O)c1cccc(CCl)c1. The molecule has 1 rings (SSSR count). The van der Waals surface area contributed by atoms with Gasteiger partial charge in [-0.05, 0) is 30.5 Å². The maximum atomic E-state index is 12.3. The number of benzene rings is 1. The van der Waals surface area contributed by atoms with E-state index in [1.54, 1.807) is 0 Å². The lowest BCUT2D eigenvalue weighted by Crippen LogP contribution is -2.32. The highest BCUT2D eigenvalue weighted by Gasteiger charge is 2.14. The van der Waals surface area contributed by atoms with Crippen LogP contribution >= 0.6 is 11.6 Å². The maximum Gasteiger partial charge on any atom is 0.253 e. The maximum absolute atomic E-state index is 12.3. The molecule has 0 aromatic heterocycles. The van der Waals surface area contributed by atoms with E-state index in [0.29, 0.717) is 5.88 Å². The van der Waals surface area contributed by atoms with Crippen LogP contribution in [0.5, 0.6) is 0 Å². The second-order valence-corrected chi connectivity index (χ2v) is 4.39. The van der Waals surface area contributed by atoms with Crippen LogP contribution in [0.3, 0.4) is 0 Å². The lowest BCUT2D eigenvalue weighted by Gasteiger charge is -2.21. The summed E-state index contributed by atoms with van der Waals surface area (Å²) < 4.78 is 0. The summed E-state index contributed by atoms with van der Waals surface area (Å²) in [6, 6.07) is 7.57. The van der Waals surface area contributed by atoms with Gasteiger partial charge in [0.05, 0.1) is 0 Å². The number of hydrogen-bond acceptors (Lipinski definition) is 1. The summed E-state index contributed by atoms with van der Waals surface area (Å²) in [4.78, 5) is 14.2. The molecule has 0 unspecified atom stereocenters. The van der Waals surface area contributed by atoms with Gasteiger partial charge in [-0.3, -0.25) is 4.79 Å². The van der Waals surface area contributed by atoms with Crippen molar-refractivity contribution in [1.82, 2.24) is 4.90 Å². The zero-order valence-electron chi connectivity index (χ0n) is 10.6. The number of hydrogen-bond donors (Lipinski definition) is 0. The molecule has 0 aliphatic heterocycles. The third-order valence-corrected chi connectivity index (χ3v) is 2.91. The lowest BCUT2D eigenvalue weighted by molar-refractivity contribution is 0.0755. The molecule has 0 radical (unpaired) electrons. The minimum Gasteiger partial charge on any atom is -0.339 e. The largest absolute Gasteiger partial charge is 0.339 e. The first-order valence-corrected chi connectivity index (χ1v) is 6.70. The molecule has 0 aliphatic rings. The molecule has 0 aliphatic carbocycles. The van der Waals surface area contributed by atoms with Gasteiger partial charge in [-0.25, -0.2) is 0 Å². The number of amides is 1. The van der Waals surface area contributed by atoms with Gasteiger partial charge < -0.3 is 4.90 Å². The van der Waals surface area contributed by atoms with Crippen molar-refractivity contribution in [3.63, 3.8) is 0 Å². The van der Waals surface area contributed by atoms with Crippen LogP contribution in [-0.4, -0.2) is 23.9 Å². The summed E-state index contributed by atoms with van der Waals surface area (Å²) in [5, 5.41) is 0. The Morgan fingerprint density at radius 3 is 2.41 bits per heavy atom. The topological polar surface area (TPSA) is 20.3 Å². The van der Waals surface area contributed by atoms with Crippen LogP contribution < -0.4 is 0 Å². The van der Waals surface area contributed by atoms with Crippen LogP contribution in [0.4, 0.5) is 0 Å². The molecule has 0 saturated carbocycles. The number of carbonyl (C=O) groups is 1. The van der Waals surface area contributed by atoms with E-state index in [0.717, 1.165) is 37.1 Å². The first-order chi connectivity index (χ1) is 8.22. The summed E-state index contributed by atoms with van der Waals surface area (Å²) >= 11 is 5.78. The molecule has 0 bridgehead atoms. The first kappa shape index (κ1) is 14.0. The molecule has 1 aromatic rings. The molecule has 94 valence electrons.